The van der Waals surface area contributed by atoms with E-state index >= 15 is 0 Å². The lowest BCUT2D eigenvalue weighted by Crippen LogP contribution is -2.58. The van der Waals surface area contributed by atoms with Crippen LogP contribution in [0.25, 0.3) is 0 Å². The molecule has 1 heterocycles. The zero-order valence-electron chi connectivity index (χ0n) is 12.9. The topological polar surface area (TPSA) is 59.4 Å². The second-order valence-corrected chi connectivity index (χ2v) is 6.18. The van der Waals surface area contributed by atoms with Crippen molar-refractivity contribution in [2.45, 2.75) is 19.4 Å². The fourth-order valence-corrected chi connectivity index (χ4v) is 2.51. The van der Waals surface area contributed by atoms with E-state index < -0.39 is 0 Å². The number of nitrogens with one attached hydrogen (secondary N) is 1. The van der Waals surface area contributed by atoms with Crippen LogP contribution in [0.1, 0.15) is 19.4 Å². The molecule has 21 heavy (non-hydrogen) atoms. The maximum Gasteiger partial charge on any atom is 0.238 e. The third kappa shape index (κ3) is 4.03. The van der Waals surface area contributed by atoms with E-state index in [1.54, 1.807) is 24.3 Å². The Balaban J connectivity index is 1.88. The minimum Gasteiger partial charge on any atom is -0.325 e. The number of likely N-dealkylation sites (N-methyl/N-ethyl adjacent to an activating group) is 1. The molecule has 2 rings (SSSR count). The monoisotopic (exact) mass is 286 g/mol. The molecule has 0 aromatic heterocycles. The lowest BCUT2D eigenvalue weighted by atomic mass is 10.00. The minimum absolute atomic E-state index is 0.0138. The molecule has 0 bridgehead atoms. The highest BCUT2D eigenvalue weighted by atomic mass is 16.2. The van der Waals surface area contributed by atoms with Crippen molar-refractivity contribution in [2.75, 3.05) is 38.5 Å². The van der Waals surface area contributed by atoms with Crippen LogP contribution in [0.3, 0.4) is 0 Å². The first-order valence-electron chi connectivity index (χ1n) is 7.14. The lowest BCUT2D eigenvalue weighted by Gasteiger charge is -2.45. The molecule has 5 nitrogen and oxygen atoms in total. The predicted molar refractivity (Wildman–Crippen MR) is 82.9 cm³/mol. The number of hydrogen-bond acceptors (Lipinski definition) is 4. The van der Waals surface area contributed by atoms with Crippen molar-refractivity contribution in [1.29, 1.82) is 5.26 Å². The molecule has 1 fully saturated rings. The summed E-state index contributed by atoms with van der Waals surface area (Å²) in [5, 5.41) is 11.6. The highest BCUT2D eigenvalue weighted by Crippen LogP contribution is 2.18. The van der Waals surface area contributed by atoms with Gasteiger partial charge in [0.25, 0.3) is 0 Å². The summed E-state index contributed by atoms with van der Waals surface area (Å²) in [5.74, 6) is -0.0138. The first-order valence-corrected chi connectivity index (χ1v) is 7.14. The molecule has 1 amide bonds. The number of carbonyl (C=O) groups is 1. The number of hydrogen-bond donors (Lipinski definition) is 1. The van der Waals surface area contributed by atoms with Crippen molar-refractivity contribution in [3.8, 4) is 6.07 Å². The van der Waals surface area contributed by atoms with Crippen molar-refractivity contribution in [3.63, 3.8) is 0 Å². The molecule has 1 saturated heterocycles. The molecule has 0 unspecified atom stereocenters. The summed E-state index contributed by atoms with van der Waals surface area (Å²) < 4.78 is 0. The summed E-state index contributed by atoms with van der Waals surface area (Å²) in [6, 6.07) is 8.98. The summed E-state index contributed by atoms with van der Waals surface area (Å²) in [5.41, 5.74) is 1.41. The summed E-state index contributed by atoms with van der Waals surface area (Å²) in [6.45, 7) is 7.54. The first kappa shape index (κ1) is 15.5. The number of rotatable bonds is 3. The van der Waals surface area contributed by atoms with E-state index in [2.05, 4.69) is 42.1 Å². The summed E-state index contributed by atoms with van der Waals surface area (Å²) >= 11 is 0. The fraction of sp³-hybridized carbons (Fsp3) is 0.500. The van der Waals surface area contributed by atoms with Gasteiger partial charge < -0.3 is 5.32 Å². The van der Waals surface area contributed by atoms with Gasteiger partial charge in [-0.15, -0.1) is 0 Å². The van der Waals surface area contributed by atoms with Gasteiger partial charge in [-0.3, -0.25) is 14.6 Å². The first-order chi connectivity index (χ1) is 9.90. The highest BCUT2D eigenvalue weighted by Gasteiger charge is 2.31. The third-order valence-electron chi connectivity index (χ3n) is 4.06. The quantitative estimate of drug-likeness (QED) is 0.915. The Morgan fingerprint density at radius 1 is 1.33 bits per heavy atom. The summed E-state index contributed by atoms with van der Waals surface area (Å²) in [7, 11) is 2.12. The largest absolute Gasteiger partial charge is 0.325 e. The molecule has 0 aliphatic carbocycles. The number of carbonyl (C=O) groups excluding carboxylic acids is 1. The van der Waals surface area contributed by atoms with Crippen molar-refractivity contribution in [2.24, 2.45) is 0 Å². The zero-order valence-corrected chi connectivity index (χ0v) is 12.9. The predicted octanol–water partition coefficient (Wildman–Crippen LogP) is 1.52. The Labute approximate surface area is 126 Å². The van der Waals surface area contributed by atoms with E-state index in [0.717, 1.165) is 25.3 Å². The number of piperazine rings is 1. The SMILES string of the molecule is CN1CCN(CC(=O)Nc2ccc(C#N)cc2)CC1(C)C. The Morgan fingerprint density at radius 2 is 2.00 bits per heavy atom. The number of anilines is 1. The van der Waals surface area contributed by atoms with Gasteiger partial charge in [-0.2, -0.15) is 5.26 Å². The molecule has 1 aliphatic heterocycles. The zero-order chi connectivity index (χ0) is 15.5. The molecule has 1 N–H and O–H groups in total. The standard InChI is InChI=1S/C16H22N4O/c1-16(2)12-20(9-8-19(16)3)11-15(21)18-14-6-4-13(10-17)5-7-14/h4-7H,8-9,11-12H2,1-3H3,(H,18,21). The van der Waals surface area contributed by atoms with Crippen LogP contribution in [0.15, 0.2) is 24.3 Å². The van der Waals surface area contributed by atoms with Gasteiger partial charge in [0.1, 0.15) is 0 Å². The molecule has 0 spiro atoms. The Kier molecular flexibility index (Phi) is 4.61. The average Bonchev–Trinajstić information content (AvgIpc) is 2.43. The van der Waals surface area contributed by atoms with Crippen molar-refractivity contribution in [3.05, 3.63) is 29.8 Å². The second kappa shape index (κ2) is 6.25. The molecule has 1 aromatic rings. The van der Waals surface area contributed by atoms with Gasteiger partial charge in [-0.05, 0) is 45.2 Å². The van der Waals surface area contributed by atoms with E-state index in [4.69, 9.17) is 5.26 Å². The number of nitrogens with zero attached hydrogens (tertiary/aromatic N) is 3. The third-order valence-corrected chi connectivity index (χ3v) is 4.06. The molecule has 1 aromatic carbocycles. The maximum absolute atomic E-state index is 12.1. The average molecular weight is 286 g/mol. The van der Waals surface area contributed by atoms with Gasteiger partial charge in [-0.25, -0.2) is 0 Å². The molecule has 5 heteroatoms. The van der Waals surface area contributed by atoms with Crippen molar-refractivity contribution in [1.82, 2.24) is 9.80 Å². The minimum atomic E-state index is -0.0138. The van der Waals surface area contributed by atoms with Gasteiger partial charge >= 0.3 is 0 Å². The van der Waals surface area contributed by atoms with E-state index in [-0.39, 0.29) is 11.4 Å². The molecular formula is C16H22N4O. The van der Waals surface area contributed by atoms with Gasteiger partial charge in [-0.1, -0.05) is 0 Å². The Bertz CT molecular complexity index is 544. The highest BCUT2D eigenvalue weighted by molar-refractivity contribution is 5.92. The number of benzene rings is 1. The van der Waals surface area contributed by atoms with Crippen molar-refractivity contribution >= 4 is 11.6 Å². The molecule has 1 aliphatic rings. The van der Waals surface area contributed by atoms with E-state index in [1.165, 1.54) is 0 Å². The molecule has 0 radical (unpaired) electrons. The fourth-order valence-electron chi connectivity index (χ4n) is 2.51. The molecule has 0 saturated carbocycles. The summed E-state index contributed by atoms with van der Waals surface area (Å²) in [4.78, 5) is 16.6. The van der Waals surface area contributed by atoms with Crippen molar-refractivity contribution < 1.29 is 4.79 Å². The van der Waals surface area contributed by atoms with Crippen LogP contribution in [0.4, 0.5) is 5.69 Å². The normalized spacial score (nSPS) is 19.0. The lowest BCUT2D eigenvalue weighted by molar-refractivity contribution is -0.118. The second-order valence-electron chi connectivity index (χ2n) is 6.18. The van der Waals surface area contributed by atoms with Gasteiger partial charge in [0.05, 0.1) is 18.2 Å². The Hall–Kier alpha value is -1.90. The van der Waals surface area contributed by atoms with Gasteiger partial charge in [0.15, 0.2) is 0 Å². The smallest absolute Gasteiger partial charge is 0.238 e. The van der Waals surface area contributed by atoms with E-state index in [1.807, 2.05) is 0 Å². The van der Waals surface area contributed by atoms with Crippen LogP contribution in [0.5, 0.6) is 0 Å². The summed E-state index contributed by atoms with van der Waals surface area (Å²) in [6.07, 6.45) is 0. The molecular weight excluding hydrogens is 264 g/mol. The van der Waals surface area contributed by atoms with Crippen LogP contribution in [-0.4, -0.2) is 54.5 Å². The van der Waals surface area contributed by atoms with Crippen LogP contribution < -0.4 is 5.32 Å². The van der Waals surface area contributed by atoms with E-state index in [0.29, 0.717) is 12.1 Å². The Morgan fingerprint density at radius 3 is 2.57 bits per heavy atom. The molecule has 0 atom stereocenters. The maximum atomic E-state index is 12.1. The van der Waals surface area contributed by atoms with Crippen LogP contribution in [0.2, 0.25) is 0 Å². The van der Waals surface area contributed by atoms with Gasteiger partial charge in [0.2, 0.25) is 5.91 Å². The molecule has 112 valence electrons. The van der Waals surface area contributed by atoms with Crippen LogP contribution in [0, 0.1) is 11.3 Å². The number of nitriles is 1. The van der Waals surface area contributed by atoms with Crippen LogP contribution in [-0.2, 0) is 4.79 Å². The van der Waals surface area contributed by atoms with E-state index in [9.17, 15) is 4.79 Å². The van der Waals surface area contributed by atoms with Crippen LogP contribution >= 0.6 is 0 Å². The number of amides is 1. The van der Waals surface area contributed by atoms with Gasteiger partial charge in [0, 0.05) is 30.9 Å².